The van der Waals surface area contributed by atoms with E-state index in [0.29, 0.717) is 16.3 Å². The van der Waals surface area contributed by atoms with Crippen molar-refractivity contribution in [3.05, 3.63) is 64.2 Å². The number of ketones is 1. The number of carbonyl (C=O) groups excluding carboxylic acids is 2. The smallest absolute Gasteiger partial charge is 0.317 e. The topological polar surface area (TPSA) is 49.4 Å². The number of nitrogens with zero attached hydrogens (tertiary/aromatic N) is 1. The third-order valence-electron chi connectivity index (χ3n) is 4.15. The second-order valence-electron chi connectivity index (χ2n) is 5.89. The molecule has 0 aliphatic rings. The summed E-state index contributed by atoms with van der Waals surface area (Å²) in [5.74, 6) is -0.0955. The van der Waals surface area contributed by atoms with Crippen LogP contribution in [0.25, 0.3) is 0 Å². The summed E-state index contributed by atoms with van der Waals surface area (Å²) in [7, 11) is 1.60. The number of halogens is 1. The molecule has 1 N–H and O–H groups in total. The quantitative estimate of drug-likeness (QED) is 0.818. The van der Waals surface area contributed by atoms with Gasteiger partial charge < -0.3 is 10.2 Å². The summed E-state index contributed by atoms with van der Waals surface area (Å²) in [6, 6.07) is 11.5. The average molecular weight is 345 g/mol. The van der Waals surface area contributed by atoms with Crippen LogP contribution in [-0.2, 0) is 0 Å². The summed E-state index contributed by atoms with van der Waals surface area (Å²) in [6.45, 7) is 5.68. The minimum absolute atomic E-state index is 0.0955. The van der Waals surface area contributed by atoms with E-state index >= 15 is 0 Å². The van der Waals surface area contributed by atoms with Crippen LogP contribution in [0.5, 0.6) is 0 Å². The number of rotatable bonds is 4. The Hall–Kier alpha value is -2.33. The summed E-state index contributed by atoms with van der Waals surface area (Å²) in [4.78, 5) is 26.3. The van der Waals surface area contributed by atoms with Crippen LogP contribution in [0.4, 0.5) is 10.5 Å². The molecular weight excluding hydrogens is 324 g/mol. The largest absolute Gasteiger partial charge is 0.322 e. The number of hydrogen-bond acceptors (Lipinski definition) is 2. The number of aryl methyl sites for hydroxylation is 2. The van der Waals surface area contributed by atoms with E-state index in [1.165, 1.54) is 4.90 Å². The van der Waals surface area contributed by atoms with E-state index < -0.39 is 6.04 Å². The molecular formula is C19H21ClN2O2. The number of carbonyl (C=O) groups is 2. The highest BCUT2D eigenvalue weighted by molar-refractivity contribution is 6.30. The molecule has 0 saturated carbocycles. The van der Waals surface area contributed by atoms with Crippen molar-refractivity contribution in [3.8, 4) is 0 Å². The molecule has 1 atom stereocenters. The van der Waals surface area contributed by atoms with E-state index in [0.717, 1.165) is 11.1 Å². The molecule has 0 spiro atoms. The molecule has 0 aliphatic carbocycles. The van der Waals surface area contributed by atoms with Crippen LogP contribution >= 0.6 is 11.6 Å². The molecule has 0 aromatic heterocycles. The fraction of sp³-hybridized carbons (Fsp3) is 0.263. The number of nitrogens with one attached hydrogen (secondary N) is 1. The van der Waals surface area contributed by atoms with Gasteiger partial charge in [-0.3, -0.25) is 4.79 Å². The van der Waals surface area contributed by atoms with Gasteiger partial charge in [-0.15, -0.1) is 0 Å². The second kappa shape index (κ2) is 7.49. The molecule has 0 bridgehead atoms. The molecule has 0 aliphatic heterocycles. The van der Waals surface area contributed by atoms with Crippen molar-refractivity contribution in [2.24, 2.45) is 0 Å². The average Bonchev–Trinajstić information content (AvgIpc) is 2.55. The predicted octanol–water partition coefficient (Wildman–Crippen LogP) is 4.69. The van der Waals surface area contributed by atoms with E-state index in [2.05, 4.69) is 5.32 Å². The molecule has 0 fully saturated rings. The highest BCUT2D eigenvalue weighted by atomic mass is 35.5. The molecule has 2 rings (SSSR count). The zero-order chi connectivity index (χ0) is 17.9. The number of Topliss-reactive ketones (excluding diaryl/α,β-unsaturated/α-hetero) is 1. The Morgan fingerprint density at radius 1 is 1.08 bits per heavy atom. The van der Waals surface area contributed by atoms with Crippen molar-refractivity contribution < 1.29 is 9.59 Å². The third kappa shape index (κ3) is 4.15. The van der Waals surface area contributed by atoms with Gasteiger partial charge in [-0.05, 0) is 56.2 Å². The molecule has 4 nitrogen and oxygen atoms in total. The van der Waals surface area contributed by atoms with Gasteiger partial charge >= 0.3 is 6.03 Å². The van der Waals surface area contributed by atoms with E-state index in [-0.39, 0.29) is 11.8 Å². The van der Waals surface area contributed by atoms with Crippen LogP contribution in [0.15, 0.2) is 42.5 Å². The molecule has 24 heavy (non-hydrogen) atoms. The number of urea groups is 1. The first-order chi connectivity index (χ1) is 11.3. The van der Waals surface area contributed by atoms with Gasteiger partial charge in [0.2, 0.25) is 0 Å². The zero-order valence-corrected chi connectivity index (χ0v) is 15.0. The maximum absolute atomic E-state index is 12.6. The normalized spacial score (nSPS) is 11.7. The van der Waals surface area contributed by atoms with Crippen molar-refractivity contribution >= 4 is 29.1 Å². The number of anilines is 1. The van der Waals surface area contributed by atoms with E-state index in [4.69, 9.17) is 11.6 Å². The van der Waals surface area contributed by atoms with Gasteiger partial charge in [0.25, 0.3) is 0 Å². The lowest BCUT2D eigenvalue weighted by Crippen LogP contribution is -2.42. The molecule has 0 saturated heterocycles. The van der Waals surface area contributed by atoms with Crippen LogP contribution in [0.3, 0.4) is 0 Å². The summed E-state index contributed by atoms with van der Waals surface area (Å²) in [5, 5.41) is 3.28. The van der Waals surface area contributed by atoms with Crippen molar-refractivity contribution in [2.75, 3.05) is 12.4 Å². The van der Waals surface area contributed by atoms with Gasteiger partial charge in [0.05, 0.1) is 6.04 Å². The van der Waals surface area contributed by atoms with Gasteiger partial charge in [-0.1, -0.05) is 29.8 Å². The monoisotopic (exact) mass is 344 g/mol. The predicted molar refractivity (Wildman–Crippen MR) is 97.9 cm³/mol. The molecule has 1 unspecified atom stereocenters. The first-order valence-corrected chi connectivity index (χ1v) is 8.08. The maximum atomic E-state index is 12.6. The summed E-state index contributed by atoms with van der Waals surface area (Å²) < 4.78 is 0. The molecule has 0 heterocycles. The van der Waals surface area contributed by atoms with Crippen molar-refractivity contribution in [2.45, 2.75) is 26.8 Å². The van der Waals surface area contributed by atoms with Crippen LogP contribution in [0.1, 0.15) is 28.4 Å². The first kappa shape index (κ1) is 18.0. The van der Waals surface area contributed by atoms with Gasteiger partial charge in [0.1, 0.15) is 0 Å². The minimum Gasteiger partial charge on any atom is -0.317 e. The van der Waals surface area contributed by atoms with E-state index in [1.807, 2.05) is 26.0 Å². The van der Waals surface area contributed by atoms with Crippen LogP contribution < -0.4 is 5.32 Å². The van der Waals surface area contributed by atoms with Crippen LogP contribution in [0.2, 0.25) is 5.02 Å². The SMILES string of the molecule is Cc1ccc(C(=O)C(C)N(C)C(=O)Nc2cccc(Cl)c2)cc1C. The Labute approximate surface area is 147 Å². The first-order valence-electron chi connectivity index (χ1n) is 7.70. The van der Waals surface area contributed by atoms with Gasteiger partial charge in [-0.25, -0.2) is 4.79 Å². The molecule has 2 amide bonds. The Balaban J connectivity index is 2.09. The molecule has 2 aromatic rings. The van der Waals surface area contributed by atoms with Crippen molar-refractivity contribution in [1.29, 1.82) is 0 Å². The van der Waals surface area contributed by atoms with Crippen molar-refractivity contribution in [3.63, 3.8) is 0 Å². The number of likely N-dealkylation sites (N-methyl/N-ethyl adjacent to an activating group) is 1. The second-order valence-corrected chi connectivity index (χ2v) is 6.33. The molecule has 5 heteroatoms. The number of hydrogen-bond donors (Lipinski definition) is 1. The molecule has 2 aromatic carbocycles. The Morgan fingerprint density at radius 3 is 2.42 bits per heavy atom. The van der Waals surface area contributed by atoms with E-state index in [1.54, 1.807) is 44.3 Å². The molecule has 126 valence electrons. The number of amides is 2. The summed E-state index contributed by atoms with van der Waals surface area (Å²) in [6.07, 6.45) is 0. The molecule has 0 radical (unpaired) electrons. The van der Waals surface area contributed by atoms with Gasteiger partial charge in [0, 0.05) is 23.3 Å². The highest BCUT2D eigenvalue weighted by Crippen LogP contribution is 2.17. The van der Waals surface area contributed by atoms with Crippen molar-refractivity contribution in [1.82, 2.24) is 4.90 Å². The van der Waals surface area contributed by atoms with Crippen LogP contribution in [-0.4, -0.2) is 29.8 Å². The fourth-order valence-electron chi connectivity index (χ4n) is 2.27. The lowest BCUT2D eigenvalue weighted by atomic mass is 10.00. The lowest BCUT2D eigenvalue weighted by Gasteiger charge is -2.24. The standard InChI is InChI=1S/C19H21ClN2O2/c1-12-8-9-15(10-13(12)2)18(23)14(3)22(4)19(24)21-17-7-5-6-16(20)11-17/h5-11,14H,1-4H3,(H,21,24). The van der Waals surface area contributed by atoms with Gasteiger partial charge in [0.15, 0.2) is 5.78 Å². The van der Waals surface area contributed by atoms with Crippen LogP contribution in [0, 0.1) is 13.8 Å². The van der Waals surface area contributed by atoms with E-state index in [9.17, 15) is 9.59 Å². The fourth-order valence-corrected chi connectivity index (χ4v) is 2.46. The Morgan fingerprint density at radius 2 is 1.79 bits per heavy atom. The Kier molecular flexibility index (Phi) is 5.62. The minimum atomic E-state index is -0.578. The number of benzene rings is 2. The zero-order valence-electron chi connectivity index (χ0n) is 14.3. The highest BCUT2D eigenvalue weighted by Gasteiger charge is 2.23. The Bertz CT molecular complexity index is 774. The van der Waals surface area contributed by atoms with Gasteiger partial charge in [-0.2, -0.15) is 0 Å². The lowest BCUT2D eigenvalue weighted by molar-refractivity contribution is 0.0894. The summed E-state index contributed by atoms with van der Waals surface area (Å²) >= 11 is 5.91. The third-order valence-corrected chi connectivity index (χ3v) is 4.38. The maximum Gasteiger partial charge on any atom is 0.322 e. The summed E-state index contributed by atoms with van der Waals surface area (Å²) in [5.41, 5.74) is 3.38.